The predicted octanol–water partition coefficient (Wildman–Crippen LogP) is 0.966. The predicted molar refractivity (Wildman–Crippen MR) is 26.9 cm³/mol. The van der Waals surface area contributed by atoms with Crippen LogP contribution < -0.4 is 0 Å². The maximum atomic E-state index is 4.93. The molecule has 0 radical (unpaired) electrons. The first-order valence-electron chi connectivity index (χ1n) is 2.26. The molecule has 42 valence electrons. The van der Waals surface area contributed by atoms with Crippen molar-refractivity contribution in [1.82, 2.24) is 0 Å². The molecule has 0 aliphatic carbocycles. The molecule has 0 atom stereocenters. The van der Waals surface area contributed by atoms with Crippen LogP contribution in [0.4, 0.5) is 0 Å². The molecule has 0 saturated heterocycles. The van der Waals surface area contributed by atoms with Crippen molar-refractivity contribution in [3.05, 3.63) is 0 Å². The normalized spacial score (nSPS) is 9.71. The number of rotatable bonds is 2. The molecule has 0 N–H and O–H groups in total. The molecule has 0 saturated carbocycles. The fourth-order valence-corrected chi connectivity index (χ4v) is 0.236. The van der Waals surface area contributed by atoms with E-state index in [4.69, 9.17) is 4.74 Å². The Labute approximate surface area is 55.5 Å². The molecule has 0 amide bonds. The standard InChI is InChI=1S/C5H10O.Mo/c1-5(2)4-6-3;/h5H,1-3H3;. The molecule has 0 unspecified atom stereocenters. The molecule has 0 aromatic carbocycles. The molecule has 0 fully saturated rings. The van der Waals surface area contributed by atoms with E-state index < -0.39 is 0 Å². The Morgan fingerprint density at radius 1 is 1.57 bits per heavy atom. The second-order valence-corrected chi connectivity index (χ2v) is 2.67. The monoisotopic (exact) mass is 184 g/mol. The van der Waals surface area contributed by atoms with E-state index in [2.05, 4.69) is 13.8 Å². The van der Waals surface area contributed by atoms with Gasteiger partial charge in [0.05, 0.1) is 0 Å². The summed E-state index contributed by atoms with van der Waals surface area (Å²) in [6.07, 6.45) is 0. The van der Waals surface area contributed by atoms with E-state index in [1.165, 1.54) is 0 Å². The van der Waals surface area contributed by atoms with Crippen LogP contribution in [0.1, 0.15) is 13.8 Å². The van der Waals surface area contributed by atoms with Crippen LogP contribution in [0.25, 0.3) is 0 Å². The first-order chi connectivity index (χ1) is 3.18. The molecule has 0 aromatic rings. The van der Waals surface area contributed by atoms with Gasteiger partial charge < -0.3 is 0 Å². The van der Waals surface area contributed by atoms with E-state index in [1.54, 1.807) is 7.11 Å². The van der Waals surface area contributed by atoms with Crippen molar-refractivity contribution in [3.8, 4) is 0 Å². The number of hydrogen-bond acceptors (Lipinski definition) is 1. The summed E-state index contributed by atoms with van der Waals surface area (Å²) in [4.78, 5) is 0. The Balaban J connectivity index is 3.35. The minimum absolute atomic E-state index is 0.565. The summed E-state index contributed by atoms with van der Waals surface area (Å²) in [7, 11) is 1.71. The van der Waals surface area contributed by atoms with E-state index in [0.29, 0.717) is 5.92 Å². The van der Waals surface area contributed by atoms with Gasteiger partial charge >= 0.3 is 55.0 Å². The van der Waals surface area contributed by atoms with Crippen molar-refractivity contribution in [2.45, 2.75) is 13.8 Å². The van der Waals surface area contributed by atoms with Gasteiger partial charge in [-0.1, -0.05) is 0 Å². The summed E-state index contributed by atoms with van der Waals surface area (Å²) in [6.45, 7) is 4.22. The van der Waals surface area contributed by atoms with Gasteiger partial charge in [0, 0.05) is 0 Å². The third kappa shape index (κ3) is 3.13. The second-order valence-electron chi connectivity index (χ2n) is 1.68. The van der Waals surface area contributed by atoms with Crippen LogP contribution >= 0.6 is 0 Å². The van der Waals surface area contributed by atoms with Crippen molar-refractivity contribution < 1.29 is 24.1 Å². The summed E-state index contributed by atoms with van der Waals surface area (Å²) < 4.78 is 6.04. The summed E-state index contributed by atoms with van der Waals surface area (Å²) in [5.74, 6) is 0.565. The molecule has 0 bridgehead atoms. The molecular weight excluding hydrogens is 172 g/mol. The first kappa shape index (κ1) is 7.52. The van der Waals surface area contributed by atoms with Crippen LogP contribution in [0.5, 0.6) is 0 Å². The van der Waals surface area contributed by atoms with Gasteiger partial charge in [0.1, 0.15) is 0 Å². The molecule has 7 heavy (non-hydrogen) atoms. The third-order valence-electron chi connectivity index (χ3n) is 0.673. The van der Waals surface area contributed by atoms with E-state index in [1.807, 2.05) is 19.4 Å². The van der Waals surface area contributed by atoms with Crippen molar-refractivity contribution in [3.63, 3.8) is 0 Å². The van der Waals surface area contributed by atoms with Crippen molar-refractivity contribution >= 4 is 4.08 Å². The zero-order chi connectivity index (χ0) is 5.86. The number of methoxy groups -OCH3 is 1. The van der Waals surface area contributed by atoms with Crippen LogP contribution in [-0.2, 0) is 24.1 Å². The van der Waals surface area contributed by atoms with Crippen molar-refractivity contribution in [1.29, 1.82) is 0 Å². The number of hydrogen-bond donors (Lipinski definition) is 0. The summed E-state index contributed by atoms with van der Waals surface area (Å²) >= 11 is 1.92. The van der Waals surface area contributed by atoms with Crippen LogP contribution in [0.2, 0.25) is 0 Å². The molecule has 0 aromatic heterocycles. The molecule has 0 aliphatic heterocycles. The fraction of sp³-hybridized carbons (Fsp3) is 0.800. The maximum absolute atomic E-state index is 4.93. The molecule has 0 spiro atoms. The van der Waals surface area contributed by atoms with Gasteiger partial charge in [-0.15, -0.1) is 0 Å². The zero-order valence-electron chi connectivity index (χ0n) is 4.89. The Hall–Kier alpha value is 0.518. The zero-order valence-corrected chi connectivity index (χ0v) is 6.90. The Morgan fingerprint density at radius 3 is 2.00 bits per heavy atom. The molecular formula is C5H10MoO. The number of ether oxygens (including phenoxy) is 1. The van der Waals surface area contributed by atoms with Crippen LogP contribution in [0.3, 0.4) is 0 Å². The molecule has 0 aliphatic rings. The summed E-state index contributed by atoms with van der Waals surface area (Å²) in [5, 5.41) is 0. The van der Waals surface area contributed by atoms with Gasteiger partial charge in [0.15, 0.2) is 0 Å². The van der Waals surface area contributed by atoms with Gasteiger partial charge in [-0.25, -0.2) is 0 Å². The molecule has 0 heterocycles. The average molecular weight is 182 g/mol. The quantitative estimate of drug-likeness (QED) is 0.578. The third-order valence-corrected chi connectivity index (χ3v) is 2.24. The second kappa shape index (κ2) is 3.51. The van der Waals surface area contributed by atoms with Crippen LogP contribution in [-0.4, -0.2) is 11.2 Å². The fourth-order valence-electron chi connectivity index (χ4n) is 0.236. The van der Waals surface area contributed by atoms with Crippen molar-refractivity contribution in [2.75, 3.05) is 7.11 Å². The topological polar surface area (TPSA) is 9.23 Å². The van der Waals surface area contributed by atoms with Gasteiger partial charge in [0.25, 0.3) is 0 Å². The van der Waals surface area contributed by atoms with Gasteiger partial charge in [-0.2, -0.15) is 0 Å². The van der Waals surface area contributed by atoms with E-state index in [9.17, 15) is 0 Å². The van der Waals surface area contributed by atoms with E-state index >= 15 is 0 Å². The van der Waals surface area contributed by atoms with E-state index in [-0.39, 0.29) is 0 Å². The van der Waals surface area contributed by atoms with Crippen molar-refractivity contribution in [2.24, 2.45) is 5.92 Å². The first-order valence-corrected chi connectivity index (χ1v) is 3.26. The average Bonchev–Trinajstić information content (AvgIpc) is 1.65. The minimum atomic E-state index is 0.565. The molecule has 2 heteroatoms. The van der Waals surface area contributed by atoms with Gasteiger partial charge in [0.2, 0.25) is 0 Å². The Kier molecular flexibility index (Phi) is 3.77. The Morgan fingerprint density at radius 2 is 2.00 bits per heavy atom. The summed E-state index contributed by atoms with van der Waals surface area (Å²) in [5.41, 5.74) is 0. The van der Waals surface area contributed by atoms with Crippen LogP contribution in [0, 0.1) is 5.92 Å². The summed E-state index contributed by atoms with van der Waals surface area (Å²) in [6, 6.07) is 0. The Bertz CT molecular complexity index is 68.5. The van der Waals surface area contributed by atoms with E-state index in [0.717, 1.165) is 4.08 Å². The van der Waals surface area contributed by atoms with Gasteiger partial charge in [-0.3, -0.25) is 0 Å². The van der Waals surface area contributed by atoms with Crippen LogP contribution in [0.15, 0.2) is 0 Å². The molecule has 1 nitrogen and oxygen atoms in total. The molecule has 0 rings (SSSR count). The SMILES string of the molecule is CO[C](=[Mo])C(C)C. The van der Waals surface area contributed by atoms with Gasteiger partial charge in [-0.05, 0) is 0 Å².